The second-order valence-electron chi connectivity index (χ2n) is 6.71. The number of fused-ring (bicyclic) bond motifs is 3. The molecule has 2 aromatic heterocycles. The lowest BCUT2D eigenvalue weighted by atomic mass is 10.1. The van der Waals surface area contributed by atoms with Crippen molar-refractivity contribution in [2.24, 2.45) is 0 Å². The number of aromatic nitrogens is 3. The molecule has 3 heterocycles. The van der Waals surface area contributed by atoms with Crippen LogP contribution in [0.5, 0.6) is 0 Å². The van der Waals surface area contributed by atoms with E-state index in [1.165, 1.54) is 6.33 Å². The highest BCUT2D eigenvalue weighted by Crippen LogP contribution is 2.26. The first kappa shape index (κ1) is 17.5. The van der Waals surface area contributed by atoms with Crippen molar-refractivity contribution in [2.75, 3.05) is 0 Å². The van der Waals surface area contributed by atoms with Gasteiger partial charge < -0.3 is 4.57 Å². The largest absolute Gasteiger partial charge is 0.337 e. The van der Waals surface area contributed by atoms with E-state index in [9.17, 15) is 14.9 Å². The minimum atomic E-state index is -0.413. The van der Waals surface area contributed by atoms with Crippen molar-refractivity contribution < 1.29 is 4.79 Å². The van der Waals surface area contributed by atoms with Gasteiger partial charge in [-0.05, 0) is 37.0 Å². The van der Waals surface area contributed by atoms with Crippen LogP contribution in [-0.2, 0) is 19.4 Å². The molecule has 0 fully saturated rings. The molecule has 0 saturated carbocycles. The van der Waals surface area contributed by atoms with Gasteiger partial charge in [0.05, 0.1) is 12.0 Å². The fourth-order valence-electron chi connectivity index (χ4n) is 3.68. The highest BCUT2D eigenvalue weighted by molar-refractivity contribution is 6.30. The maximum absolute atomic E-state index is 13.1. The summed E-state index contributed by atoms with van der Waals surface area (Å²) < 4.78 is 2.94. The highest BCUT2D eigenvalue weighted by atomic mass is 35.5. The van der Waals surface area contributed by atoms with Crippen LogP contribution < -0.4 is 5.56 Å². The SMILES string of the molecule is N#Cc1c2n(c3c(=O)n(C(=O)Cc4ccc(Cl)cc4)cnc13)CCCCC2. The minimum Gasteiger partial charge on any atom is -0.337 e. The highest BCUT2D eigenvalue weighted by Gasteiger charge is 2.24. The van der Waals surface area contributed by atoms with Crippen molar-refractivity contribution >= 4 is 28.5 Å². The minimum absolute atomic E-state index is 0.0724. The Kier molecular flexibility index (Phi) is 4.54. The summed E-state index contributed by atoms with van der Waals surface area (Å²) in [5.41, 5.74) is 2.43. The zero-order chi connectivity index (χ0) is 19.0. The van der Waals surface area contributed by atoms with E-state index < -0.39 is 5.56 Å². The lowest BCUT2D eigenvalue weighted by Gasteiger charge is -2.08. The maximum Gasteiger partial charge on any atom is 0.284 e. The molecule has 4 rings (SSSR count). The van der Waals surface area contributed by atoms with Gasteiger partial charge >= 0.3 is 0 Å². The van der Waals surface area contributed by atoms with Crippen molar-refractivity contribution in [1.82, 2.24) is 14.1 Å². The van der Waals surface area contributed by atoms with E-state index in [1.54, 1.807) is 24.3 Å². The average molecular weight is 381 g/mol. The number of benzene rings is 1. The molecular formula is C20H17ClN4O2. The van der Waals surface area contributed by atoms with E-state index >= 15 is 0 Å². The molecule has 0 unspecified atom stereocenters. The van der Waals surface area contributed by atoms with Crippen molar-refractivity contribution in [2.45, 2.75) is 38.6 Å². The van der Waals surface area contributed by atoms with Gasteiger partial charge in [-0.25, -0.2) is 9.55 Å². The molecule has 1 aromatic carbocycles. The third kappa shape index (κ3) is 3.04. The summed E-state index contributed by atoms with van der Waals surface area (Å²) in [5, 5.41) is 10.2. The Bertz CT molecular complexity index is 1140. The summed E-state index contributed by atoms with van der Waals surface area (Å²) in [5.74, 6) is -0.362. The number of carbonyl (C=O) groups excluding carboxylic acids is 1. The molecule has 0 aliphatic carbocycles. The molecule has 6 nitrogen and oxygen atoms in total. The van der Waals surface area contributed by atoms with E-state index in [0.29, 0.717) is 28.2 Å². The van der Waals surface area contributed by atoms with Crippen LogP contribution in [-0.4, -0.2) is 20.0 Å². The van der Waals surface area contributed by atoms with E-state index in [1.807, 2.05) is 4.57 Å². The Morgan fingerprint density at radius 2 is 2.00 bits per heavy atom. The number of halogens is 1. The predicted octanol–water partition coefficient (Wildman–Crippen LogP) is 3.33. The molecule has 7 heteroatoms. The zero-order valence-corrected chi connectivity index (χ0v) is 15.4. The summed E-state index contributed by atoms with van der Waals surface area (Å²) in [7, 11) is 0. The molecule has 0 bridgehead atoms. The Morgan fingerprint density at radius 3 is 2.74 bits per heavy atom. The van der Waals surface area contributed by atoms with Crippen LogP contribution >= 0.6 is 11.6 Å². The second-order valence-corrected chi connectivity index (χ2v) is 7.15. The van der Waals surface area contributed by atoms with Crippen LogP contribution in [0.25, 0.3) is 11.0 Å². The normalized spacial score (nSPS) is 13.8. The van der Waals surface area contributed by atoms with Gasteiger partial charge in [0, 0.05) is 17.3 Å². The third-order valence-corrected chi connectivity index (χ3v) is 5.27. The average Bonchev–Trinajstić information content (AvgIpc) is 2.79. The van der Waals surface area contributed by atoms with Crippen molar-refractivity contribution in [3.8, 4) is 6.07 Å². The van der Waals surface area contributed by atoms with E-state index in [2.05, 4.69) is 11.1 Å². The van der Waals surface area contributed by atoms with Gasteiger partial charge in [0.1, 0.15) is 23.4 Å². The number of hydrogen-bond acceptors (Lipinski definition) is 4. The fraction of sp³-hybridized carbons (Fsp3) is 0.300. The lowest BCUT2D eigenvalue weighted by molar-refractivity contribution is 0.0909. The topological polar surface area (TPSA) is 80.7 Å². The standard InChI is InChI=1S/C20H17ClN4O2/c21-14-7-5-13(6-8-14)10-17(26)25-12-23-18-15(11-22)16-4-2-1-3-9-24(16)19(18)20(25)27/h5-8,12H,1-4,9-10H2. The van der Waals surface area contributed by atoms with Crippen LogP contribution in [0, 0.1) is 11.3 Å². The first-order chi connectivity index (χ1) is 13.1. The molecule has 1 aliphatic rings. The number of hydrogen-bond donors (Lipinski definition) is 0. The predicted molar refractivity (Wildman–Crippen MR) is 102 cm³/mol. The van der Waals surface area contributed by atoms with Crippen LogP contribution in [0.1, 0.15) is 40.9 Å². The molecule has 0 saturated heterocycles. The number of aryl methyl sites for hydroxylation is 1. The first-order valence-electron chi connectivity index (χ1n) is 8.90. The van der Waals surface area contributed by atoms with Crippen LogP contribution in [0.3, 0.4) is 0 Å². The number of rotatable bonds is 2. The first-order valence-corrected chi connectivity index (χ1v) is 9.28. The van der Waals surface area contributed by atoms with Gasteiger partial charge in [-0.3, -0.25) is 9.59 Å². The van der Waals surface area contributed by atoms with Gasteiger partial charge in [0.15, 0.2) is 0 Å². The molecule has 0 N–H and O–H groups in total. The summed E-state index contributed by atoms with van der Waals surface area (Å²) in [6, 6.07) is 9.13. The third-order valence-electron chi connectivity index (χ3n) is 5.01. The van der Waals surface area contributed by atoms with Crippen LogP contribution in [0.4, 0.5) is 0 Å². The fourth-order valence-corrected chi connectivity index (χ4v) is 3.81. The Hall–Kier alpha value is -2.91. The van der Waals surface area contributed by atoms with Gasteiger partial charge in [-0.2, -0.15) is 5.26 Å². The molecule has 0 amide bonds. The maximum atomic E-state index is 13.1. The Morgan fingerprint density at radius 1 is 1.22 bits per heavy atom. The molecule has 27 heavy (non-hydrogen) atoms. The second kappa shape index (κ2) is 7.01. The molecule has 3 aromatic rings. The molecule has 1 aliphatic heterocycles. The van der Waals surface area contributed by atoms with Crippen molar-refractivity contribution in [3.05, 3.63) is 62.8 Å². The van der Waals surface area contributed by atoms with Crippen molar-refractivity contribution in [1.29, 1.82) is 5.26 Å². The summed E-state index contributed by atoms with van der Waals surface area (Å²) in [6.07, 6.45) is 5.03. The molecule has 0 spiro atoms. The summed E-state index contributed by atoms with van der Waals surface area (Å²) in [4.78, 5) is 30.1. The quantitative estimate of drug-likeness (QED) is 0.682. The molecular weight excluding hydrogens is 364 g/mol. The molecule has 136 valence electrons. The Balaban J connectivity index is 1.81. The number of nitrogens with zero attached hydrogens (tertiary/aromatic N) is 4. The number of carbonyl (C=O) groups is 1. The molecule has 0 atom stereocenters. The van der Waals surface area contributed by atoms with Gasteiger partial charge in [0.2, 0.25) is 5.91 Å². The van der Waals surface area contributed by atoms with Crippen LogP contribution in [0.2, 0.25) is 5.02 Å². The van der Waals surface area contributed by atoms with Crippen molar-refractivity contribution in [3.63, 3.8) is 0 Å². The van der Waals surface area contributed by atoms with Gasteiger partial charge in [-0.1, -0.05) is 30.2 Å². The number of nitriles is 1. The zero-order valence-electron chi connectivity index (χ0n) is 14.6. The summed E-state index contributed by atoms with van der Waals surface area (Å²) in [6.45, 7) is 0.666. The van der Waals surface area contributed by atoms with Crippen LogP contribution in [0.15, 0.2) is 35.4 Å². The lowest BCUT2D eigenvalue weighted by Crippen LogP contribution is -2.29. The monoisotopic (exact) mass is 380 g/mol. The smallest absolute Gasteiger partial charge is 0.284 e. The van der Waals surface area contributed by atoms with Gasteiger partial charge in [-0.15, -0.1) is 0 Å². The van der Waals surface area contributed by atoms with Gasteiger partial charge in [0.25, 0.3) is 5.56 Å². The summed E-state index contributed by atoms with van der Waals surface area (Å²) >= 11 is 5.87. The Labute approximate surface area is 160 Å². The molecule has 0 radical (unpaired) electrons. The van der Waals surface area contributed by atoms with E-state index in [4.69, 9.17) is 11.6 Å². The van der Waals surface area contributed by atoms with E-state index in [-0.39, 0.29) is 12.3 Å². The van der Waals surface area contributed by atoms with E-state index in [0.717, 1.165) is 41.5 Å².